The van der Waals surface area contributed by atoms with Gasteiger partial charge in [-0.2, -0.15) is 0 Å². The van der Waals surface area contributed by atoms with Crippen LogP contribution in [0.15, 0.2) is 23.3 Å². The number of allylic oxidation sites excluding steroid dienone is 3. The molecule has 3 saturated carbocycles. The molecule has 202 valence electrons. The summed E-state index contributed by atoms with van der Waals surface area (Å²) in [6.07, 6.45) is 14.8. The average Bonchev–Trinajstić information content (AvgIpc) is 3.07. The van der Waals surface area contributed by atoms with Crippen molar-refractivity contribution in [2.75, 3.05) is 0 Å². The van der Waals surface area contributed by atoms with Crippen LogP contribution < -0.4 is 0 Å². The number of fused-ring (bicyclic) bond motifs is 5. The van der Waals surface area contributed by atoms with Crippen LogP contribution in [0.3, 0.4) is 0 Å². The molecule has 4 heteroatoms. The Bertz CT molecular complexity index is 959. The van der Waals surface area contributed by atoms with Gasteiger partial charge in [0.15, 0.2) is 0 Å². The highest BCUT2D eigenvalue weighted by molar-refractivity contribution is 5.85. The molecule has 0 radical (unpaired) electrons. The highest BCUT2D eigenvalue weighted by atomic mass is 16.5. The molecular weight excluding hydrogens is 448 g/mol. The molecule has 0 aromatic rings. The summed E-state index contributed by atoms with van der Waals surface area (Å²) in [6, 6.07) is 0. The van der Waals surface area contributed by atoms with Crippen LogP contribution in [-0.4, -0.2) is 23.1 Å². The first kappa shape index (κ1) is 27.5. The zero-order valence-electron chi connectivity index (χ0n) is 24.1. The lowest BCUT2D eigenvalue weighted by atomic mass is 9.41. The van der Waals surface area contributed by atoms with E-state index < -0.39 is 5.97 Å². The van der Waals surface area contributed by atoms with E-state index in [9.17, 15) is 14.7 Å². The number of carbonyl (C=O) groups excluding carboxylic acids is 1. The number of esters is 1. The fraction of sp³-hybridized carbons (Fsp3) is 0.812. The second kappa shape index (κ2) is 9.31. The van der Waals surface area contributed by atoms with Gasteiger partial charge >= 0.3 is 11.9 Å². The highest BCUT2D eigenvalue weighted by Gasteiger charge is 2.65. The van der Waals surface area contributed by atoms with Gasteiger partial charge in [-0.25, -0.2) is 4.79 Å². The zero-order chi connectivity index (χ0) is 26.7. The van der Waals surface area contributed by atoms with E-state index in [1.165, 1.54) is 25.7 Å². The Balaban J connectivity index is 1.57. The summed E-state index contributed by atoms with van der Waals surface area (Å²) >= 11 is 0. The molecule has 4 aliphatic carbocycles. The van der Waals surface area contributed by atoms with Crippen molar-refractivity contribution in [2.45, 2.75) is 119 Å². The third-order valence-corrected chi connectivity index (χ3v) is 12.2. The van der Waals surface area contributed by atoms with Crippen molar-refractivity contribution in [3.05, 3.63) is 23.3 Å². The Labute approximate surface area is 219 Å². The third-order valence-electron chi connectivity index (χ3n) is 12.2. The Morgan fingerprint density at radius 2 is 1.78 bits per heavy atom. The molecule has 4 rings (SSSR count). The van der Waals surface area contributed by atoms with Gasteiger partial charge in [-0.1, -0.05) is 59.3 Å². The van der Waals surface area contributed by atoms with Crippen molar-refractivity contribution in [3.63, 3.8) is 0 Å². The van der Waals surface area contributed by atoms with Gasteiger partial charge in [0.25, 0.3) is 0 Å². The normalized spacial score (nSPS) is 42.4. The number of carboxylic acid groups (broad SMARTS) is 1. The minimum atomic E-state index is -0.803. The molecule has 0 aromatic carbocycles. The van der Waals surface area contributed by atoms with Crippen LogP contribution >= 0.6 is 0 Å². The van der Waals surface area contributed by atoms with Crippen molar-refractivity contribution in [1.29, 1.82) is 0 Å². The van der Waals surface area contributed by atoms with Crippen molar-refractivity contribution < 1.29 is 19.4 Å². The predicted molar refractivity (Wildman–Crippen MR) is 144 cm³/mol. The number of hydrogen-bond donors (Lipinski definition) is 1. The second-order valence-electron chi connectivity index (χ2n) is 14.1. The molecule has 8 atom stereocenters. The summed E-state index contributed by atoms with van der Waals surface area (Å²) in [5.74, 6) is 1.49. The molecule has 4 nitrogen and oxygen atoms in total. The quantitative estimate of drug-likeness (QED) is 0.229. The highest BCUT2D eigenvalue weighted by Crippen LogP contribution is 2.73. The van der Waals surface area contributed by atoms with Crippen LogP contribution in [0, 0.1) is 45.3 Å². The Kier molecular flexibility index (Phi) is 7.10. The topological polar surface area (TPSA) is 63.6 Å². The van der Waals surface area contributed by atoms with E-state index >= 15 is 0 Å². The molecule has 0 heterocycles. The molecule has 0 spiro atoms. The summed E-state index contributed by atoms with van der Waals surface area (Å²) in [4.78, 5) is 23.0. The van der Waals surface area contributed by atoms with Gasteiger partial charge in [-0.05, 0) is 105 Å². The maximum absolute atomic E-state index is 11.8. The lowest BCUT2D eigenvalue weighted by Crippen LogP contribution is -2.58. The maximum Gasteiger partial charge on any atom is 0.330 e. The van der Waals surface area contributed by atoms with Gasteiger partial charge in [-0.3, -0.25) is 4.79 Å². The van der Waals surface area contributed by atoms with Gasteiger partial charge in [0.2, 0.25) is 0 Å². The van der Waals surface area contributed by atoms with E-state index in [1.54, 1.807) is 19.4 Å². The van der Waals surface area contributed by atoms with Gasteiger partial charge in [0.05, 0.1) is 0 Å². The summed E-state index contributed by atoms with van der Waals surface area (Å²) < 4.78 is 5.85. The fourth-order valence-corrected chi connectivity index (χ4v) is 9.90. The average molecular weight is 499 g/mol. The molecule has 0 bridgehead atoms. The minimum Gasteiger partial charge on any atom is -0.478 e. The first-order valence-electron chi connectivity index (χ1n) is 14.5. The molecule has 3 fully saturated rings. The Morgan fingerprint density at radius 1 is 1.08 bits per heavy atom. The molecule has 36 heavy (non-hydrogen) atoms. The van der Waals surface area contributed by atoms with Crippen LogP contribution in [0.1, 0.15) is 113 Å². The Hall–Kier alpha value is -1.58. The largest absolute Gasteiger partial charge is 0.478 e. The minimum absolute atomic E-state index is 0.0167. The molecule has 4 aliphatic rings. The maximum atomic E-state index is 11.8. The molecule has 3 unspecified atom stereocenters. The summed E-state index contributed by atoms with van der Waals surface area (Å²) in [7, 11) is 0. The monoisotopic (exact) mass is 498 g/mol. The molecular formula is C32H50O4. The molecule has 0 saturated heterocycles. The van der Waals surface area contributed by atoms with Crippen molar-refractivity contribution in [3.8, 4) is 0 Å². The van der Waals surface area contributed by atoms with Crippen molar-refractivity contribution in [2.24, 2.45) is 45.3 Å². The number of hydrogen-bond acceptors (Lipinski definition) is 3. The van der Waals surface area contributed by atoms with E-state index in [2.05, 4.69) is 47.6 Å². The van der Waals surface area contributed by atoms with E-state index in [-0.39, 0.29) is 28.3 Å². The Morgan fingerprint density at radius 3 is 2.42 bits per heavy atom. The van der Waals surface area contributed by atoms with Gasteiger partial charge in [-0.15, -0.1) is 0 Å². The van der Waals surface area contributed by atoms with Gasteiger partial charge in [0, 0.05) is 17.9 Å². The summed E-state index contributed by atoms with van der Waals surface area (Å²) in [5.41, 5.74) is 2.99. The number of carboxylic acids is 1. The molecule has 0 amide bonds. The fourth-order valence-electron chi connectivity index (χ4n) is 9.90. The predicted octanol–water partition coefficient (Wildman–Crippen LogP) is 7.97. The number of carbonyl (C=O) groups is 2. The number of ether oxygens (including phenoxy) is 1. The van der Waals surface area contributed by atoms with Crippen LogP contribution in [0.2, 0.25) is 0 Å². The smallest absolute Gasteiger partial charge is 0.330 e. The van der Waals surface area contributed by atoms with E-state index in [0.29, 0.717) is 34.7 Å². The lowest BCUT2D eigenvalue weighted by molar-refractivity contribution is -0.174. The molecule has 0 aliphatic heterocycles. The first-order valence-corrected chi connectivity index (χ1v) is 14.5. The lowest BCUT2D eigenvalue weighted by Gasteiger charge is -2.64. The van der Waals surface area contributed by atoms with Crippen LogP contribution in [0.4, 0.5) is 0 Å². The second-order valence-corrected chi connectivity index (χ2v) is 14.1. The van der Waals surface area contributed by atoms with E-state index in [0.717, 1.165) is 32.1 Å². The van der Waals surface area contributed by atoms with Crippen LogP contribution in [0.5, 0.6) is 0 Å². The number of aliphatic carboxylic acids is 1. The van der Waals surface area contributed by atoms with Crippen molar-refractivity contribution in [1.82, 2.24) is 0 Å². The van der Waals surface area contributed by atoms with Gasteiger partial charge in [0.1, 0.15) is 6.10 Å². The van der Waals surface area contributed by atoms with Crippen molar-refractivity contribution >= 4 is 11.9 Å². The third kappa shape index (κ3) is 4.09. The first-order chi connectivity index (χ1) is 16.7. The summed E-state index contributed by atoms with van der Waals surface area (Å²) in [6.45, 7) is 18.0. The van der Waals surface area contributed by atoms with E-state index in [1.807, 2.05) is 6.08 Å². The molecule has 0 aromatic heterocycles. The van der Waals surface area contributed by atoms with E-state index in [4.69, 9.17) is 4.74 Å². The van der Waals surface area contributed by atoms with Crippen LogP contribution in [0.25, 0.3) is 0 Å². The zero-order valence-corrected chi connectivity index (χ0v) is 24.1. The summed E-state index contributed by atoms with van der Waals surface area (Å²) in [5, 5.41) is 9.19. The standard InChI is InChI=1S/C32H50O4/c1-20(10-9-11-21(2)28(34)35)23-14-18-32(8)25-12-13-26-29(4,5)27(36-22(3)33)16-17-30(26,6)24(25)15-19-31(23,32)7/h11-12,20,23-24,26-27H,9-10,13-19H2,1-8H3,(H,34,35)/b21-11-/t20-,23?,24?,26?,27+,30-,31+,32-/m1/s1. The van der Waals surface area contributed by atoms with Crippen LogP contribution in [-0.2, 0) is 14.3 Å². The molecule has 1 N–H and O–H groups in total. The number of rotatable bonds is 6. The SMILES string of the molecule is CC(=O)O[C@H]1CC[C@]2(C)C3CC[C@@]4(C)C([C@H](C)CC/C=C(/C)C(=O)O)CC[C@]4(C)C3=CCC2C1(C)C. The van der Waals surface area contributed by atoms with Gasteiger partial charge < -0.3 is 9.84 Å².